The molecule has 1 N–H and O–H groups in total. The van der Waals surface area contributed by atoms with Crippen LogP contribution in [-0.2, 0) is 18.8 Å². The number of pyridine rings is 1. The zero-order chi connectivity index (χ0) is 31.1. The van der Waals surface area contributed by atoms with Crippen LogP contribution in [-0.4, -0.2) is 38.8 Å². The van der Waals surface area contributed by atoms with E-state index in [1.807, 2.05) is 0 Å². The highest BCUT2D eigenvalue weighted by Crippen LogP contribution is 2.42. The Morgan fingerprint density at radius 2 is 1.70 bits per heavy atom. The fourth-order valence-corrected chi connectivity index (χ4v) is 4.89. The van der Waals surface area contributed by atoms with Crippen molar-refractivity contribution in [1.82, 2.24) is 14.8 Å². The molecule has 1 aliphatic carbocycles. The van der Waals surface area contributed by atoms with E-state index in [4.69, 9.17) is 9.84 Å². The molecule has 2 aromatic heterocycles. The monoisotopic (exact) mass is 604 g/mol. The van der Waals surface area contributed by atoms with Crippen molar-refractivity contribution < 1.29 is 45.8 Å². The van der Waals surface area contributed by atoms with Gasteiger partial charge in [-0.2, -0.15) is 31.4 Å². The van der Waals surface area contributed by atoms with Crippen LogP contribution in [0.5, 0.6) is 5.75 Å². The summed E-state index contributed by atoms with van der Waals surface area (Å²) in [4.78, 5) is 28.7. The molecule has 0 spiro atoms. The van der Waals surface area contributed by atoms with Crippen LogP contribution in [0.4, 0.5) is 32.0 Å². The third-order valence-electron chi connectivity index (χ3n) is 6.93. The molecule has 2 heterocycles. The summed E-state index contributed by atoms with van der Waals surface area (Å²) >= 11 is 0. The first-order chi connectivity index (χ1) is 20.2. The minimum Gasteiger partial charge on any atom is -0.484 e. The minimum absolute atomic E-state index is 0.00827. The summed E-state index contributed by atoms with van der Waals surface area (Å²) in [5, 5.41) is 13.0. The first-order valence-corrected chi connectivity index (χ1v) is 12.8. The summed E-state index contributed by atoms with van der Waals surface area (Å²) in [6.07, 6.45) is -8.70. The molecular weight excluding hydrogens is 582 g/mol. The molecule has 14 heteroatoms. The lowest BCUT2D eigenvalue weighted by Gasteiger charge is -2.26. The van der Waals surface area contributed by atoms with Gasteiger partial charge in [-0.3, -0.25) is 9.78 Å². The summed E-state index contributed by atoms with van der Waals surface area (Å²) in [5.74, 6) is -1.63. The van der Waals surface area contributed by atoms with Crippen LogP contribution in [0.1, 0.15) is 62.3 Å². The molecule has 43 heavy (non-hydrogen) atoms. The number of rotatable bonds is 6. The van der Waals surface area contributed by atoms with Crippen molar-refractivity contribution in [2.45, 2.75) is 37.7 Å². The first-order valence-electron chi connectivity index (χ1n) is 12.8. The van der Waals surface area contributed by atoms with Crippen LogP contribution >= 0.6 is 0 Å². The van der Waals surface area contributed by atoms with Gasteiger partial charge in [-0.25, -0.2) is 9.48 Å². The number of carbonyl (C=O) groups is 2. The van der Waals surface area contributed by atoms with E-state index in [0.29, 0.717) is 18.9 Å². The number of nitrogens with zero attached hydrogens (tertiary/aromatic N) is 4. The van der Waals surface area contributed by atoms with Crippen molar-refractivity contribution in [3.63, 3.8) is 0 Å². The van der Waals surface area contributed by atoms with Crippen molar-refractivity contribution in [1.29, 1.82) is 0 Å². The number of ether oxygens (including phenoxy) is 1. The number of carboxylic acids is 1. The Labute approximate surface area is 240 Å². The lowest BCUT2D eigenvalue weighted by atomic mass is 9.92. The molecule has 224 valence electrons. The second kappa shape index (κ2) is 11.1. The molecule has 5 rings (SSSR count). The Hall–Kier alpha value is -4.88. The molecule has 0 saturated heterocycles. The summed E-state index contributed by atoms with van der Waals surface area (Å²) in [6.45, 7) is 0. The fraction of sp³-hybridized carbons (Fsp3) is 0.241. The highest BCUT2D eigenvalue weighted by molar-refractivity contribution is 6.06. The maximum atomic E-state index is 14.1. The van der Waals surface area contributed by atoms with Crippen molar-refractivity contribution in [2.75, 3.05) is 11.9 Å². The van der Waals surface area contributed by atoms with E-state index in [0.717, 1.165) is 15.8 Å². The van der Waals surface area contributed by atoms with Gasteiger partial charge in [0.05, 0.1) is 16.9 Å². The molecule has 1 atom stereocenters. The number of aromatic carboxylic acids is 1. The van der Waals surface area contributed by atoms with Crippen molar-refractivity contribution >= 4 is 17.6 Å². The molecule has 1 unspecified atom stereocenters. The lowest BCUT2D eigenvalue weighted by molar-refractivity contribution is -0.142. The number of benzene rings is 2. The van der Waals surface area contributed by atoms with Gasteiger partial charge in [0.2, 0.25) is 0 Å². The topological polar surface area (TPSA) is 97.6 Å². The minimum atomic E-state index is -4.79. The van der Waals surface area contributed by atoms with Crippen LogP contribution in [0.3, 0.4) is 0 Å². The summed E-state index contributed by atoms with van der Waals surface area (Å²) in [6, 6.07) is 12.9. The van der Waals surface area contributed by atoms with Gasteiger partial charge < -0.3 is 14.7 Å². The van der Waals surface area contributed by atoms with Crippen molar-refractivity contribution in [3.8, 4) is 11.4 Å². The number of halogens is 6. The number of hydrogen-bond donors (Lipinski definition) is 1. The Balaban J connectivity index is 1.52. The van der Waals surface area contributed by atoms with Gasteiger partial charge in [0.15, 0.2) is 5.69 Å². The van der Waals surface area contributed by atoms with Crippen LogP contribution in [0.15, 0.2) is 66.9 Å². The highest BCUT2D eigenvalue weighted by Gasteiger charge is 2.42. The molecule has 1 aliphatic rings. The average molecular weight is 605 g/mol. The Morgan fingerprint density at radius 3 is 2.35 bits per heavy atom. The molecule has 0 bridgehead atoms. The predicted molar refractivity (Wildman–Crippen MR) is 140 cm³/mol. The molecule has 4 aromatic rings. The number of carbonyl (C=O) groups excluding carboxylic acids is 1. The van der Waals surface area contributed by atoms with Crippen molar-refractivity contribution in [3.05, 3.63) is 101 Å². The van der Waals surface area contributed by atoms with Gasteiger partial charge in [-0.05, 0) is 73.9 Å². The van der Waals surface area contributed by atoms with Gasteiger partial charge in [0.1, 0.15) is 17.5 Å². The number of alkyl halides is 6. The van der Waals surface area contributed by atoms with Gasteiger partial charge >= 0.3 is 18.3 Å². The second-order valence-electron chi connectivity index (χ2n) is 9.76. The number of carboxylic acid groups (broad SMARTS) is 1. The van der Waals surface area contributed by atoms with Crippen molar-refractivity contribution in [2.24, 2.45) is 0 Å². The van der Waals surface area contributed by atoms with Crippen LogP contribution in [0.25, 0.3) is 5.69 Å². The molecule has 0 aliphatic heterocycles. The quantitative estimate of drug-likeness (QED) is 0.245. The molecule has 8 nitrogen and oxygen atoms in total. The Morgan fingerprint density at radius 1 is 0.977 bits per heavy atom. The average Bonchev–Trinajstić information content (AvgIpc) is 3.38. The highest BCUT2D eigenvalue weighted by atomic mass is 19.4. The SMILES string of the molecule is CN(C(=O)c1cccc(-n2nc(C(F)(F)F)c3c2C(Oc2ccc(C(=O)O)cc2)CCC3)c1)c1ccnc(C(F)(F)F)c1. The molecule has 0 saturated carbocycles. The van der Waals surface area contributed by atoms with Gasteiger partial charge in [-0.15, -0.1) is 0 Å². The zero-order valence-corrected chi connectivity index (χ0v) is 22.3. The van der Waals surface area contributed by atoms with Gasteiger partial charge in [0, 0.05) is 30.1 Å². The largest absolute Gasteiger partial charge is 0.484 e. The van der Waals surface area contributed by atoms with E-state index in [1.54, 1.807) is 0 Å². The summed E-state index contributed by atoms with van der Waals surface area (Å²) in [7, 11) is 1.27. The first kappa shape index (κ1) is 29.6. The van der Waals surface area contributed by atoms with Crippen LogP contribution in [0, 0.1) is 0 Å². The molecule has 1 amide bonds. The van der Waals surface area contributed by atoms with E-state index in [-0.39, 0.29) is 45.9 Å². The lowest BCUT2D eigenvalue weighted by Crippen LogP contribution is -2.27. The maximum absolute atomic E-state index is 14.1. The number of aromatic nitrogens is 3. The third-order valence-corrected chi connectivity index (χ3v) is 6.93. The van der Waals surface area contributed by atoms with E-state index < -0.39 is 41.7 Å². The second-order valence-corrected chi connectivity index (χ2v) is 9.76. The van der Waals surface area contributed by atoms with Gasteiger partial charge in [-0.1, -0.05) is 6.07 Å². The third kappa shape index (κ3) is 6.03. The maximum Gasteiger partial charge on any atom is 0.435 e. The van der Waals surface area contributed by atoms with Crippen LogP contribution in [0.2, 0.25) is 0 Å². The Kier molecular flexibility index (Phi) is 7.63. The number of hydrogen-bond acceptors (Lipinski definition) is 5. The predicted octanol–water partition coefficient (Wildman–Crippen LogP) is 6.74. The van der Waals surface area contributed by atoms with E-state index in [2.05, 4.69) is 10.1 Å². The summed E-state index contributed by atoms with van der Waals surface area (Å²) < 4.78 is 88.8. The zero-order valence-electron chi connectivity index (χ0n) is 22.3. The van der Waals surface area contributed by atoms with Crippen LogP contribution < -0.4 is 9.64 Å². The smallest absolute Gasteiger partial charge is 0.435 e. The van der Waals surface area contributed by atoms with E-state index in [9.17, 15) is 35.9 Å². The number of anilines is 1. The number of fused-ring (bicyclic) bond motifs is 1. The van der Waals surface area contributed by atoms with E-state index in [1.165, 1.54) is 61.6 Å². The van der Waals surface area contributed by atoms with E-state index >= 15 is 0 Å². The molecular formula is C29H22F6N4O4. The summed E-state index contributed by atoms with van der Waals surface area (Å²) in [5.41, 5.74) is -2.20. The fourth-order valence-electron chi connectivity index (χ4n) is 4.89. The van der Waals surface area contributed by atoms with Gasteiger partial charge in [0.25, 0.3) is 5.91 Å². The molecule has 2 aromatic carbocycles. The number of amides is 1. The Bertz CT molecular complexity index is 1680. The normalized spacial score (nSPS) is 15.1. The standard InChI is InChI=1S/C29H22F6N4O4/c1-38(18-12-13-36-23(15-18)28(30,31)32)26(40)17-4-2-5-19(14-17)39-24-21(25(37-39)29(33,34)35)6-3-7-22(24)43-20-10-8-16(9-11-20)27(41)42/h2,4-5,8-15,22H,3,6-7H2,1H3,(H,41,42). The molecule has 0 fully saturated rings. The molecule has 0 radical (unpaired) electrons.